The zero-order valence-electron chi connectivity index (χ0n) is 17.3. The van der Waals surface area contributed by atoms with E-state index in [1.165, 1.54) is 27.8 Å². The molecule has 1 heterocycles. The number of nitrogens with zero attached hydrogens (tertiary/aromatic N) is 3. The topological polar surface area (TPSA) is 30.3 Å². The summed E-state index contributed by atoms with van der Waals surface area (Å²) in [7, 11) is 0. The Labute approximate surface area is 179 Å². The molecule has 3 nitrogen and oxygen atoms in total. The second-order valence-electron chi connectivity index (χ2n) is 8.39. The van der Waals surface area contributed by atoms with Gasteiger partial charge in [-0.3, -0.25) is 9.80 Å². The molecule has 2 aromatic rings. The summed E-state index contributed by atoms with van der Waals surface area (Å²) in [5, 5.41) is 8.98. The molecule has 2 aromatic carbocycles. The Balaban J connectivity index is 1.30. The molecule has 0 amide bonds. The van der Waals surface area contributed by atoms with E-state index in [0.717, 1.165) is 51.1 Å². The maximum absolute atomic E-state index is 8.98. The molecule has 1 aliphatic heterocycles. The van der Waals surface area contributed by atoms with E-state index in [2.05, 4.69) is 76.6 Å². The lowest BCUT2D eigenvalue weighted by Crippen LogP contribution is -2.46. The highest BCUT2D eigenvalue weighted by molar-refractivity contribution is 5.78. The number of allylic oxidation sites excluding steroid dienone is 5. The largest absolute Gasteiger partial charge is 0.297 e. The van der Waals surface area contributed by atoms with Crippen LogP contribution in [0.15, 0.2) is 78.4 Å². The van der Waals surface area contributed by atoms with E-state index in [1.54, 1.807) is 0 Å². The van der Waals surface area contributed by atoms with Gasteiger partial charge in [-0.2, -0.15) is 5.26 Å². The first-order valence-corrected chi connectivity index (χ1v) is 10.9. The summed E-state index contributed by atoms with van der Waals surface area (Å²) in [6.45, 7) is 5.23. The molecular formula is C27H27N3. The van der Waals surface area contributed by atoms with Crippen molar-refractivity contribution in [1.29, 1.82) is 5.26 Å². The first-order chi connectivity index (χ1) is 14.8. The van der Waals surface area contributed by atoms with Crippen LogP contribution in [0.5, 0.6) is 0 Å². The highest BCUT2D eigenvalue weighted by atomic mass is 15.3. The van der Waals surface area contributed by atoms with Crippen LogP contribution in [0, 0.1) is 11.3 Å². The Kier molecular flexibility index (Phi) is 5.36. The van der Waals surface area contributed by atoms with Gasteiger partial charge in [0.05, 0.1) is 17.7 Å². The normalized spacial score (nSPS) is 21.6. The average molecular weight is 394 g/mol. The minimum atomic E-state index is 0.345. The van der Waals surface area contributed by atoms with Crippen LogP contribution in [-0.2, 0) is 6.54 Å². The van der Waals surface area contributed by atoms with Crippen molar-refractivity contribution in [1.82, 2.24) is 9.80 Å². The molecule has 30 heavy (non-hydrogen) atoms. The molecule has 0 saturated carbocycles. The Hall–Kier alpha value is -2.93. The summed E-state index contributed by atoms with van der Waals surface area (Å²) >= 11 is 0. The van der Waals surface area contributed by atoms with E-state index >= 15 is 0 Å². The molecule has 1 saturated heterocycles. The van der Waals surface area contributed by atoms with E-state index in [4.69, 9.17) is 5.26 Å². The Morgan fingerprint density at radius 1 is 0.933 bits per heavy atom. The highest BCUT2D eigenvalue weighted by Gasteiger charge is 2.27. The third-order valence-electron chi connectivity index (χ3n) is 6.56. The van der Waals surface area contributed by atoms with Gasteiger partial charge in [-0.1, -0.05) is 60.7 Å². The molecule has 0 N–H and O–H groups in total. The fourth-order valence-corrected chi connectivity index (χ4v) is 4.92. The number of hydrogen-bond donors (Lipinski definition) is 0. The van der Waals surface area contributed by atoms with Gasteiger partial charge in [-0.05, 0) is 52.8 Å². The van der Waals surface area contributed by atoms with Gasteiger partial charge in [0.2, 0.25) is 0 Å². The molecule has 5 rings (SSSR count). The molecule has 3 aliphatic rings. The molecule has 2 aliphatic carbocycles. The number of fused-ring (bicyclic) bond motifs is 2. The van der Waals surface area contributed by atoms with Crippen molar-refractivity contribution in [3.63, 3.8) is 0 Å². The van der Waals surface area contributed by atoms with Crippen LogP contribution in [0.2, 0.25) is 0 Å². The zero-order valence-corrected chi connectivity index (χ0v) is 17.3. The van der Waals surface area contributed by atoms with Crippen LogP contribution < -0.4 is 0 Å². The molecule has 1 unspecified atom stereocenters. The van der Waals surface area contributed by atoms with E-state index in [-0.39, 0.29) is 0 Å². The van der Waals surface area contributed by atoms with Gasteiger partial charge in [0, 0.05) is 32.7 Å². The van der Waals surface area contributed by atoms with Crippen molar-refractivity contribution >= 4 is 5.57 Å². The maximum atomic E-state index is 8.98. The van der Waals surface area contributed by atoms with Crippen LogP contribution in [0.4, 0.5) is 0 Å². The van der Waals surface area contributed by atoms with E-state index in [0.29, 0.717) is 6.04 Å². The maximum Gasteiger partial charge on any atom is 0.0991 e. The van der Waals surface area contributed by atoms with Crippen LogP contribution in [-0.4, -0.2) is 36.0 Å². The quantitative estimate of drug-likeness (QED) is 0.728. The van der Waals surface area contributed by atoms with Crippen molar-refractivity contribution < 1.29 is 0 Å². The second kappa shape index (κ2) is 8.44. The molecule has 0 radical (unpaired) electrons. The van der Waals surface area contributed by atoms with E-state index in [9.17, 15) is 0 Å². The summed E-state index contributed by atoms with van der Waals surface area (Å²) in [6, 6.07) is 19.5. The summed E-state index contributed by atoms with van der Waals surface area (Å²) in [5.41, 5.74) is 7.79. The highest BCUT2D eigenvalue weighted by Crippen LogP contribution is 2.39. The smallest absolute Gasteiger partial charge is 0.0991 e. The monoisotopic (exact) mass is 393 g/mol. The van der Waals surface area contributed by atoms with Crippen LogP contribution in [0.3, 0.4) is 0 Å². The second-order valence-corrected chi connectivity index (χ2v) is 8.39. The molecule has 0 bridgehead atoms. The Morgan fingerprint density at radius 3 is 2.53 bits per heavy atom. The summed E-state index contributed by atoms with van der Waals surface area (Å²) in [5.74, 6) is 0. The first kappa shape index (κ1) is 19.1. The lowest BCUT2D eigenvalue weighted by molar-refractivity contribution is 0.107. The fourth-order valence-electron chi connectivity index (χ4n) is 4.92. The van der Waals surface area contributed by atoms with E-state index < -0.39 is 0 Å². The van der Waals surface area contributed by atoms with E-state index in [1.807, 2.05) is 12.1 Å². The molecular weight excluding hydrogens is 366 g/mol. The SMILES string of the molecule is N#Cc1ccc(CN2CCN(C3C=CC4=C(CCC=C4)c4ccccc43)CC2)cc1. The predicted molar refractivity (Wildman–Crippen MR) is 122 cm³/mol. The standard InChI is InChI=1S/C27H27N3/c28-19-21-9-11-22(12-10-21)20-29-15-17-30(18-16-29)27-14-13-23-5-1-2-6-24(23)25-7-3-4-8-26(25)27/h1,3-5,7-14,27H,2,6,15-18,20H2. The van der Waals surface area contributed by atoms with Gasteiger partial charge in [0.15, 0.2) is 0 Å². The molecule has 0 spiro atoms. The van der Waals surface area contributed by atoms with Gasteiger partial charge >= 0.3 is 0 Å². The third-order valence-corrected chi connectivity index (χ3v) is 6.56. The van der Waals surface area contributed by atoms with Gasteiger partial charge < -0.3 is 0 Å². The van der Waals surface area contributed by atoms with Crippen LogP contribution in [0.25, 0.3) is 5.57 Å². The first-order valence-electron chi connectivity index (χ1n) is 10.9. The number of hydrogen-bond acceptors (Lipinski definition) is 3. The van der Waals surface area contributed by atoms with Crippen LogP contribution in [0.1, 0.15) is 41.1 Å². The van der Waals surface area contributed by atoms with Gasteiger partial charge in [0.25, 0.3) is 0 Å². The third kappa shape index (κ3) is 3.77. The van der Waals surface area contributed by atoms with Crippen LogP contribution >= 0.6 is 0 Å². The van der Waals surface area contributed by atoms with Crippen molar-refractivity contribution in [2.45, 2.75) is 25.4 Å². The van der Waals surface area contributed by atoms with Crippen molar-refractivity contribution in [3.05, 3.63) is 101 Å². The number of benzene rings is 2. The lowest BCUT2D eigenvalue weighted by Gasteiger charge is -2.39. The minimum absolute atomic E-state index is 0.345. The summed E-state index contributed by atoms with van der Waals surface area (Å²) in [4.78, 5) is 5.16. The number of piperazine rings is 1. The minimum Gasteiger partial charge on any atom is -0.297 e. The fraction of sp³-hybridized carbons (Fsp3) is 0.296. The zero-order chi connectivity index (χ0) is 20.3. The number of nitriles is 1. The van der Waals surface area contributed by atoms with Crippen molar-refractivity contribution in [2.75, 3.05) is 26.2 Å². The molecule has 1 atom stereocenters. The Morgan fingerprint density at radius 2 is 1.73 bits per heavy atom. The van der Waals surface area contributed by atoms with Gasteiger partial charge in [0.1, 0.15) is 0 Å². The molecule has 150 valence electrons. The summed E-state index contributed by atoms with van der Waals surface area (Å²) in [6.07, 6.45) is 11.6. The van der Waals surface area contributed by atoms with Gasteiger partial charge in [-0.15, -0.1) is 0 Å². The summed E-state index contributed by atoms with van der Waals surface area (Å²) < 4.78 is 0. The Bertz CT molecular complexity index is 1040. The molecule has 1 fully saturated rings. The predicted octanol–water partition coefficient (Wildman–Crippen LogP) is 5.09. The molecule has 3 heteroatoms. The number of rotatable bonds is 3. The lowest BCUT2D eigenvalue weighted by atomic mass is 9.89. The molecule has 0 aromatic heterocycles. The van der Waals surface area contributed by atoms with Gasteiger partial charge in [-0.25, -0.2) is 0 Å². The van der Waals surface area contributed by atoms with Crippen molar-refractivity contribution in [2.24, 2.45) is 0 Å². The van der Waals surface area contributed by atoms with Crippen molar-refractivity contribution in [3.8, 4) is 6.07 Å². The average Bonchev–Trinajstić information content (AvgIpc) is 2.97.